The number of nitrogens with zero attached hydrogens (tertiary/aromatic N) is 2. The summed E-state index contributed by atoms with van der Waals surface area (Å²) in [5.41, 5.74) is 5.56. The summed E-state index contributed by atoms with van der Waals surface area (Å²) in [6.07, 6.45) is 0. The fraction of sp³-hybridized carbons (Fsp3) is 0.0870. The van der Waals surface area contributed by atoms with Gasteiger partial charge in [0.1, 0.15) is 0 Å². The molecule has 0 atom stereocenters. The van der Waals surface area contributed by atoms with Crippen LogP contribution in [0.3, 0.4) is 0 Å². The molecule has 1 N–H and O–H groups in total. The van der Waals surface area contributed by atoms with Crippen molar-refractivity contribution in [3.8, 4) is 16.8 Å². The van der Waals surface area contributed by atoms with Crippen LogP contribution in [-0.2, 0) is 7.05 Å². The monoisotopic (exact) mass is 353 g/mol. The average molecular weight is 353 g/mol. The van der Waals surface area contributed by atoms with Gasteiger partial charge in [0, 0.05) is 34.6 Å². The molecule has 0 spiro atoms. The first-order chi connectivity index (χ1) is 13.2. The SMILES string of the molecule is Cc1c(-c2cccc3c2[nH]c2ccccc23)c(=O)n(-c2ccccc2)n1C. The van der Waals surface area contributed by atoms with Crippen molar-refractivity contribution in [2.45, 2.75) is 6.92 Å². The van der Waals surface area contributed by atoms with Gasteiger partial charge in [-0.05, 0) is 25.1 Å². The lowest BCUT2D eigenvalue weighted by Gasteiger charge is -2.07. The third-order valence-electron chi connectivity index (χ3n) is 5.36. The van der Waals surface area contributed by atoms with Crippen LogP contribution in [0.5, 0.6) is 0 Å². The van der Waals surface area contributed by atoms with Crippen LogP contribution in [-0.4, -0.2) is 14.3 Å². The number of fused-ring (bicyclic) bond motifs is 3. The Morgan fingerprint density at radius 2 is 1.52 bits per heavy atom. The van der Waals surface area contributed by atoms with Gasteiger partial charge in [-0.15, -0.1) is 0 Å². The number of aromatic nitrogens is 3. The van der Waals surface area contributed by atoms with Crippen LogP contribution in [0.25, 0.3) is 38.6 Å². The molecule has 2 heterocycles. The van der Waals surface area contributed by atoms with Crippen LogP contribution in [0.2, 0.25) is 0 Å². The van der Waals surface area contributed by atoms with E-state index < -0.39 is 0 Å². The molecular formula is C23H19N3O. The fourth-order valence-corrected chi connectivity index (χ4v) is 3.96. The number of hydrogen-bond acceptors (Lipinski definition) is 1. The van der Waals surface area contributed by atoms with Crippen LogP contribution in [0.4, 0.5) is 0 Å². The molecule has 0 radical (unpaired) electrons. The van der Waals surface area contributed by atoms with E-state index in [0.29, 0.717) is 0 Å². The van der Waals surface area contributed by atoms with Gasteiger partial charge >= 0.3 is 0 Å². The summed E-state index contributed by atoms with van der Waals surface area (Å²) in [4.78, 5) is 16.9. The predicted octanol–water partition coefficient (Wildman–Crippen LogP) is 4.79. The standard InChI is InChI=1S/C23H19N3O/c1-15-21(23(27)26(25(15)2)16-9-4-3-5-10-16)19-13-8-12-18-17-11-6-7-14-20(17)24-22(18)19/h3-14,24H,1-2H3. The lowest BCUT2D eigenvalue weighted by atomic mass is 10.0. The second kappa shape index (κ2) is 5.74. The fourth-order valence-electron chi connectivity index (χ4n) is 3.96. The van der Waals surface area contributed by atoms with Crippen LogP contribution < -0.4 is 5.56 Å². The van der Waals surface area contributed by atoms with Crippen LogP contribution >= 0.6 is 0 Å². The summed E-state index contributed by atoms with van der Waals surface area (Å²) in [5, 5.41) is 2.31. The number of hydrogen-bond donors (Lipinski definition) is 1. The molecule has 0 bridgehead atoms. The first-order valence-corrected chi connectivity index (χ1v) is 9.00. The van der Waals surface area contributed by atoms with Crippen molar-refractivity contribution in [3.05, 3.63) is 88.8 Å². The Bertz CT molecular complexity index is 1350. The average Bonchev–Trinajstić information content (AvgIpc) is 3.18. The van der Waals surface area contributed by atoms with E-state index in [9.17, 15) is 4.79 Å². The van der Waals surface area contributed by atoms with Gasteiger partial charge in [-0.2, -0.15) is 0 Å². The minimum Gasteiger partial charge on any atom is -0.354 e. The van der Waals surface area contributed by atoms with Crippen LogP contribution in [0, 0.1) is 6.92 Å². The van der Waals surface area contributed by atoms with Crippen molar-refractivity contribution in [3.63, 3.8) is 0 Å². The summed E-state index contributed by atoms with van der Waals surface area (Å²) in [6.45, 7) is 2.00. The highest BCUT2D eigenvalue weighted by Gasteiger charge is 2.20. The normalized spacial score (nSPS) is 11.5. The van der Waals surface area contributed by atoms with E-state index >= 15 is 0 Å². The molecule has 27 heavy (non-hydrogen) atoms. The molecule has 0 unspecified atom stereocenters. The first-order valence-electron chi connectivity index (χ1n) is 9.00. The topological polar surface area (TPSA) is 42.7 Å². The zero-order chi connectivity index (χ0) is 18.5. The Kier molecular flexibility index (Phi) is 3.34. The number of aromatic amines is 1. The van der Waals surface area contributed by atoms with E-state index in [0.717, 1.165) is 38.9 Å². The summed E-state index contributed by atoms with van der Waals surface area (Å²) in [7, 11) is 1.93. The maximum Gasteiger partial charge on any atom is 0.279 e. The van der Waals surface area contributed by atoms with Crippen molar-refractivity contribution in [2.75, 3.05) is 0 Å². The van der Waals surface area contributed by atoms with Crippen molar-refractivity contribution < 1.29 is 0 Å². The van der Waals surface area contributed by atoms with Gasteiger partial charge in [0.05, 0.1) is 16.8 Å². The maximum absolute atomic E-state index is 13.4. The lowest BCUT2D eigenvalue weighted by molar-refractivity contribution is 0.630. The third-order valence-corrected chi connectivity index (χ3v) is 5.36. The van der Waals surface area contributed by atoms with E-state index in [-0.39, 0.29) is 5.56 Å². The third kappa shape index (κ3) is 2.20. The summed E-state index contributed by atoms with van der Waals surface area (Å²) in [5.74, 6) is 0. The quantitative estimate of drug-likeness (QED) is 0.487. The van der Waals surface area contributed by atoms with Crippen molar-refractivity contribution in [1.82, 2.24) is 14.3 Å². The highest BCUT2D eigenvalue weighted by atomic mass is 16.1. The molecule has 0 fully saturated rings. The zero-order valence-electron chi connectivity index (χ0n) is 15.2. The van der Waals surface area contributed by atoms with E-state index in [1.165, 1.54) is 5.39 Å². The minimum absolute atomic E-state index is 0.00708. The Morgan fingerprint density at radius 1 is 0.815 bits per heavy atom. The van der Waals surface area contributed by atoms with Crippen molar-refractivity contribution in [2.24, 2.45) is 7.05 Å². The van der Waals surface area contributed by atoms with Gasteiger partial charge in [-0.1, -0.05) is 54.6 Å². The van der Waals surface area contributed by atoms with Crippen LogP contribution in [0.1, 0.15) is 5.69 Å². The first kappa shape index (κ1) is 15.7. The van der Waals surface area contributed by atoms with E-state index in [1.807, 2.05) is 73.3 Å². The second-order valence-corrected chi connectivity index (χ2v) is 6.84. The number of rotatable bonds is 2. The van der Waals surface area contributed by atoms with E-state index in [2.05, 4.69) is 23.2 Å². The highest BCUT2D eigenvalue weighted by Crippen LogP contribution is 2.33. The molecule has 5 aromatic rings. The van der Waals surface area contributed by atoms with Crippen molar-refractivity contribution >= 4 is 21.8 Å². The molecule has 0 aliphatic heterocycles. The van der Waals surface area contributed by atoms with Gasteiger partial charge in [-0.25, -0.2) is 4.68 Å². The molecule has 0 saturated heterocycles. The molecule has 3 aromatic carbocycles. The molecule has 132 valence electrons. The lowest BCUT2D eigenvalue weighted by Crippen LogP contribution is -2.20. The Hall–Kier alpha value is -3.53. The van der Waals surface area contributed by atoms with Gasteiger partial charge in [0.15, 0.2) is 0 Å². The highest BCUT2D eigenvalue weighted by molar-refractivity contribution is 6.11. The number of para-hydroxylation sites is 3. The van der Waals surface area contributed by atoms with Gasteiger partial charge < -0.3 is 4.98 Å². The van der Waals surface area contributed by atoms with Gasteiger partial charge in [-0.3, -0.25) is 9.48 Å². The number of benzene rings is 3. The molecular weight excluding hydrogens is 334 g/mol. The van der Waals surface area contributed by atoms with Crippen molar-refractivity contribution in [1.29, 1.82) is 0 Å². The number of H-pyrrole nitrogens is 1. The Balaban J connectivity index is 1.85. The molecule has 4 nitrogen and oxygen atoms in total. The second-order valence-electron chi connectivity index (χ2n) is 6.84. The molecule has 0 amide bonds. The summed E-state index contributed by atoms with van der Waals surface area (Å²) < 4.78 is 3.65. The van der Waals surface area contributed by atoms with Gasteiger partial charge in [0.25, 0.3) is 5.56 Å². The maximum atomic E-state index is 13.4. The smallest absolute Gasteiger partial charge is 0.279 e. The van der Waals surface area contributed by atoms with Gasteiger partial charge in [0.2, 0.25) is 0 Å². The zero-order valence-corrected chi connectivity index (χ0v) is 15.2. The minimum atomic E-state index is -0.00708. The van der Waals surface area contributed by atoms with Crippen LogP contribution in [0.15, 0.2) is 77.6 Å². The molecule has 5 rings (SSSR count). The largest absolute Gasteiger partial charge is 0.354 e. The summed E-state index contributed by atoms with van der Waals surface area (Å²) >= 11 is 0. The Labute approximate surface area is 156 Å². The summed E-state index contributed by atoms with van der Waals surface area (Å²) in [6, 6.07) is 24.1. The van der Waals surface area contributed by atoms with E-state index in [1.54, 1.807) is 4.68 Å². The molecule has 0 aliphatic carbocycles. The molecule has 2 aromatic heterocycles. The molecule has 0 saturated carbocycles. The molecule has 0 aliphatic rings. The predicted molar refractivity (Wildman–Crippen MR) is 111 cm³/mol. The molecule has 4 heteroatoms. The Morgan fingerprint density at radius 3 is 2.33 bits per heavy atom. The number of nitrogens with one attached hydrogen (secondary N) is 1. The van der Waals surface area contributed by atoms with E-state index in [4.69, 9.17) is 0 Å².